The molecule has 31 heavy (non-hydrogen) atoms. The Hall–Kier alpha value is -3.69. The lowest BCUT2D eigenvalue weighted by molar-refractivity contribution is -0.116. The molecule has 0 radical (unpaired) electrons. The monoisotopic (exact) mass is 426 g/mol. The van der Waals surface area contributed by atoms with Crippen molar-refractivity contribution in [3.63, 3.8) is 0 Å². The Morgan fingerprint density at radius 2 is 1.94 bits per heavy atom. The summed E-state index contributed by atoms with van der Waals surface area (Å²) < 4.78 is 8.36. The number of nitrogens with one attached hydrogen (secondary N) is 2. The summed E-state index contributed by atoms with van der Waals surface area (Å²) in [5, 5.41) is 10.1. The molecule has 0 bridgehead atoms. The van der Waals surface area contributed by atoms with Crippen molar-refractivity contribution in [1.29, 1.82) is 0 Å². The number of aryl methyl sites for hydroxylation is 1. The molecule has 10 nitrogen and oxygen atoms in total. The lowest BCUT2D eigenvalue weighted by Crippen LogP contribution is -2.26. The summed E-state index contributed by atoms with van der Waals surface area (Å²) in [5.41, 5.74) is 0.908. The van der Waals surface area contributed by atoms with E-state index in [1.54, 1.807) is 22.9 Å². The van der Waals surface area contributed by atoms with Gasteiger partial charge >= 0.3 is 0 Å². The Labute approximate surface area is 179 Å². The molecule has 2 N–H and O–H groups in total. The van der Waals surface area contributed by atoms with Crippen LogP contribution in [0, 0.1) is 0 Å². The molecule has 0 saturated carbocycles. The molecule has 2 heterocycles. The number of nitrogens with zero attached hydrogens (tertiary/aromatic N) is 4. The number of rotatable bonds is 6. The fraction of sp³-hybridized carbons (Fsp3) is 0.381. The summed E-state index contributed by atoms with van der Waals surface area (Å²) in [6.07, 6.45) is 2.98. The van der Waals surface area contributed by atoms with Crippen LogP contribution in [-0.4, -0.2) is 38.3 Å². The van der Waals surface area contributed by atoms with Crippen LogP contribution in [0.5, 0.6) is 5.75 Å². The average molecular weight is 426 g/mol. The Balaban J connectivity index is 1.74. The Bertz CT molecular complexity index is 1190. The highest BCUT2D eigenvalue weighted by molar-refractivity contribution is 5.94. The summed E-state index contributed by atoms with van der Waals surface area (Å²) in [7, 11) is 1.49. The number of benzene rings is 1. The third-order valence-corrected chi connectivity index (χ3v) is 4.56. The Morgan fingerprint density at radius 1 is 1.19 bits per heavy atom. The summed E-state index contributed by atoms with van der Waals surface area (Å²) >= 11 is 0. The number of anilines is 2. The molecular formula is C21H26N6O4. The highest BCUT2D eigenvalue weighted by Crippen LogP contribution is 2.28. The van der Waals surface area contributed by atoms with Gasteiger partial charge < -0.3 is 15.4 Å². The Kier molecular flexibility index (Phi) is 6.09. The van der Waals surface area contributed by atoms with Gasteiger partial charge in [0, 0.05) is 25.6 Å². The highest BCUT2D eigenvalue weighted by atomic mass is 16.5. The molecule has 0 aliphatic heterocycles. The van der Waals surface area contributed by atoms with Crippen LogP contribution in [0.4, 0.5) is 11.4 Å². The fourth-order valence-corrected chi connectivity index (χ4v) is 3.12. The van der Waals surface area contributed by atoms with E-state index in [-0.39, 0.29) is 35.9 Å². The van der Waals surface area contributed by atoms with Crippen LogP contribution < -0.4 is 20.9 Å². The van der Waals surface area contributed by atoms with Crippen molar-refractivity contribution in [3.8, 4) is 5.75 Å². The molecular weight excluding hydrogens is 400 g/mol. The smallest absolute Gasteiger partial charge is 0.264 e. The topological polar surface area (TPSA) is 120 Å². The van der Waals surface area contributed by atoms with Crippen LogP contribution in [0.2, 0.25) is 0 Å². The third kappa shape index (κ3) is 4.90. The van der Waals surface area contributed by atoms with E-state index >= 15 is 0 Å². The van der Waals surface area contributed by atoms with Crippen molar-refractivity contribution >= 4 is 34.2 Å². The maximum atomic E-state index is 12.8. The van der Waals surface area contributed by atoms with E-state index in [9.17, 15) is 14.4 Å². The molecule has 0 fully saturated rings. The number of carbonyl (C=O) groups is 2. The second-order valence-electron chi connectivity index (χ2n) is 8.10. The quantitative estimate of drug-likeness (QED) is 0.624. The number of fused-ring (bicyclic) bond motifs is 1. The standard InChI is InChI=1S/C21H26N6O4/c1-13(28)24-14-6-7-17(31-5)16(10-14)25-18(29)8-9-26-12-22-19-15(20(26)30)11-23-27(19)21(2,3)4/h6-7,10-12H,8-9H2,1-5H3,(H,24,28)(H,25,29). The first-order valence-corrected chi connectivity index (χ1v) is 9.79. The van der Waals surface area contributed by atoms with Gasteiger partial charge in [-0.2, -0.15) is 5.10 Å². The van der Waals surface area contributed by atoms with Crippen LogP contribution >= 0.6 is 0 Å². The molecule has 0 atom stereocenters. The van der Waals surface area contributed by atoms with Crippen molar-refractivity contribution < 1.29 is 14.3 Å². The highest BCUT2D eigenvalue weighted by Gasteiger charge is 2.20. The molecule has 0 spiro atoms. The van der Waals surface area contributed by atoms with E-state index < -0.39 is 0 Å². The summed E-state index contributed by atoms with van der Waals surface area (Å²) in [4.78, 5) is 40.9. The lowest BCUT2D eigenvalue weighted by Gasteiger charge is -2.19. The van der Waals surface area contributed by atoms with Crippen LogP contribution in [0.1, 0.15) is 34.1 Å². The van der Waals surface area contributed by atoms with Crippen molar-refractivity contribution in [2.45, 2.75) is 46.2 Å². The van der Waals surface area contributed by atoms with Gasteiger partial charge in [-0.3, -0.25) is 19.0 Å². The van der Waals surface area contributed by atoms with E-state index in [1.807, 2.05) is 20.8 Å². The van der Waals surface area contributed by atoms with Gasteiger partial charge in [0.15, 0.2) is 5.65 Å². The van der Waals surface area contributed by atoms with Gasteiger partial charge in [0.1, 0.15) is 11.1 Å². The number of ether oxygens (including phenoxy) is 1. The molecule has 10 heteroatoms. The number of aromatic nitrogens is 4. The van der Waals surface area contributed by atoms with Crippen molar-refractivity contribution in [3.05, 3.63) is 41.1 Å². The van der Waals surface area contributed by atoms with Crippen LogP contribution in [-0.2, 0) is 21.7 Å². The van der Waals surface area contributed by atoms with E-state index in [2.05, 4.69) is 20.7 Å². The molecule has 0 aliphatic rings. The zero-order chi connectivity index (χ0) is 22.8. The van der Waals surface area contributed by atoms with Gasteiger partial charge in [-0.05, 0) is 39.0 Å². The fourth-order valence-electron chi connectivity index (χ4n) is 3.12. The summed E-state index contributed by atoms with van der Waals surface area (Å²) in [5.74, 6) is -0.0764. The van der Waals surface area contributed by atoms with Gasteiger partial charge in [0.25, 0.3) is 5.56 Å². The third-order valence-electron chi connectivity index (χ3n) is 4.56. The minimum Gasteiger partial charge on any atom is -0.495 e. The molecule has 1 aromatic carbocycles. The Morgan fingerprint density at radius 3 is 2.58 bits per heavy atom. The van der Waals surface area contributed by atoms with Crippen LogP contribution in [0.15, 0.2) is 35.5 Å². The first-order valence-electron chi connectivity index (χ1n) is 9.79. The number of methoxy groups -OCH3 is 1. The minimum absolute atomic E-state index is 0.0496. The molecule has 164 valence electrons. The number of hydrogen-bond acceptors (Lipinski definition) is 6. The zero-order valence-electron chi connectivity index (χ0n) is 18.2. The van der Waals surface area contributed by atoms with E-state index in [4.69, 9.17) is 4.74 Å². The molecule has 3 aromatic rings. The maximum absolute atomic E-state index is 12.8. The second kappa shape index (κ2) is 8.58. The van der Waals surface area contributed by atoms with Crippen molar-refractivity contribution in [2.24, 2.45) is 0 Å². The maximum Gasteiger partial charge on any atom is 0.264 e. The first kappa shape index (κ1) is 22.0. The molecule has 2 aromatic heterocycles. The summed E-state index contributed by atoms with van der Waals surface area (Å²) in [6, 6.07) is 4.93. The normalized spacial score (nSPS) is 11.4. The second-order valence-corrected chi connectivity index (χ2v) is 8.10. The van der Waals surface area contributed by atoms with Crippen molar-refractivity contribution in [1.82, 2.24) is 19.3 Å². The lowest BCUT2D eigenvalue weighted by atomic mass is 10.1. The van der Waals surface area contributed by atoms with E-state index in [1.165, 1.54) is 31.1 Å². The van der Waals surface area contributed by atoms with Gasteiger partial charge in [-0.15, -0.1) is 0 Å². The van der Waals surface area contributed by atoms with Gasteiger partial charge in [0.05, 0.1) is 30.9 Å². The van der Waals surface area contributed by atoms with Gasteiger partial charge in [-0.25, -0.2) is 9.67 Å². The minimum atomic E-state index is -0.310. The van der Waals surface area contributed by atoms with Gasteiger partial charge in [-0.1, -0.05) is 0 Å². The van der Waals surface area contributed by atoms with Crippen molar-refractivity contribution in [2.75, 3.05) is 17.7 Å². The molecule has 3 rings (SSSR count). The largest absolute Gasteiger partial charge is 0.495 e. The van der Waals surface area contributed by atoms with E-state index in [0.29, 0.717) is 28.2 Å². The number of carbonyl (C=O) groups excluding carboxylic acids is 2. The number of amides is 2. The zero-order valence-corrected chi connectivity index (χ0v) is 18.2. The summed E-state index contributed by atoms with van der Waals surface area (Å²) in [6.45, 7) is 7.49. The molecule has 0 aliphatic carbocycles. The van der Waals surface area contributed by atoms with Gasteiger partial charge in [0.2, 0.25) is 11.8 Å². The van der Waals surface area contributed by atoms with E-state index in [0.717, 1.165) is 0 Å². The number of hydrogen-bond donors (Lipinski definition) is 2. The predicted octanol–water partition coefficient (Wildman–Crippen LogP) is 2.34. The van der Waals surface area contributed by atoms with Crippen LogP contribution in [0.3, 0.4) is 0 Å². The molecule has 0 saturated heterocycles. The molecule has 0 unspecified atom stereocenters. The van der Waals surface area contributed by atoms with Crippen LogP contribution in [0.25, 0.3) is 11.0 Å². The molecule has 2 amide bonds. The average Bonchev–Trinajstić information content (AvgIpc) is 3.13. The first-order chi connectivity index (χ1) is 14.6. The predicted molar refractivity (Wildman–Crippen MR) is 117 cm³/mol. The SMILES string of the molecule is COc1ccc(NC(C)=O)cc1NC(=O)CCn1cnc2c(cnn2C(C)(C)C)c1=O.